The number of hydrogen-bond acceptors (Lipinski definition) is 3. The van der Waals surface area contributed by atoms with Gasteiger partial charge in [0, 0.05) is 19.5 Å². The van der Waals surface area contributed by atoms with E-state index in [-0.39, 0.29) is 6.54 Å². The molecule has 2 aliphatic rings. The second-order valence-corrected chi connectivity index (χ2v) is 6.66. The third-order valence-electron chi connectivity index (χ3n) is 3.54. The number of carbonyl (C=O) groups is 2. The second kappa shape index (κ2) is 4.56. The number of carbonyl (C=O) groups excluding carboxylic acids is 2. The summed E-state index contributed by atoms with van der Waals surface area (Å²) in [4.78, 5) is 24.8. The van der Waals surface area contributed by atoms with Gasteiger partial charge in [-0.15, -0.1) is 0 Å². The van der Waals surface area contributed by atoms with Gasteiger partial charge >= 0.3 is 6.09 Å². The molecule has 114 valence electrons. The van der Waals surface area contributed by atoms with Crippen molar-refractivity contribution in [3.63, 3.8) is 0 Å². The Bertz CT molecular complexity index is 434. The van der Waals surface area contributed by atoms with Crippen molar-refractivity contribution in [3.8, 4) is 0 Å². The van der Waals surface area contributed by atoms with E-state index in [9.17, 15) is 18.4 Å². The predicted octanol–water partition coefficient (Wildman–Crippen LogP) is 1.77. The normalized spacial score (nSPS) is 29.4. The van der Waals surface area contributed by atoms with E-state index < -0.39 is 41.9 Å². The Morgan fingerprint density at radius 1 is 1.35 bits per heavy atom. The number of likely N-dealkylation sites (tertiary alicyclic amines) is 1. The Morgan fingerprint density at radius 2 is 2.00 bits per heavy atom. The van der Waals surface area contributed by atoms with Crippen molar-refractivity contribution in [1.82, 2.24) is 10.2 Å². The molecule has 2 fully saturated rings. The molecule has 0 aromatic rings. The first-order chi connectivity index (χ1) is 9.03. The quantitative estimate of drug-likeness (QED) is 0.739. The Balaban J connectivity index is 2.18. The summed E-state index contributed by atoms with van der Waals surface area (Å²) >= 11 is 0. The lowest BCUT2D eigenvalue weighted by molar-refractivity contribution is -0.146. The van der Waals surface area contributed by atoms with Crippen LogP contribution in [0.4, 0.5) is 13.6 Å². The molecule has 0 bridgehead atoms. The smallest absolute Gasteiger partial charge is 0.410 e. The van der Waals surface area contributed by atoms with Crippen LogP contribution in [0.1, 0.15) is 33.6 Å². The predicted molar refractivity (Wildman–Crippen MR) is 67.4 cm³/mol. The summed E-state index contributed by atoms with van der Waals surface area (Å²) in [5.74, 6) is -3.47. The zero-order valence-electron chi connectivity index (χ0n) is 12.0. The van der Waals surface area contributed by atoms with Gasteiger partial charge in [-0.05, 0) is 27.2 Å². The van der Waals surface area contributed by atoms with Crippen LogP contribution < -0.4 is 5.32 Å². The molecule has 1 atom stereocenters. The third kappa shape index (κ3) is 3.02. The summed E-state index contributed by atoms with van der Waals surface area (Å²) in [6.07, 6.45) is -0.984. The molecule has 0 radical (unpaired) electrons. The van der Waals surface area contributed by atoms with Crippen LogP contribution in [-0.4, -0.2) is 48.1 Å². The highest BCUT2D eigenvalue weighted by molar-refractivity contribution is 5.86. The van der Waals surface area contributed by atoms with E-state index in [1.54, 1.807) is 20.8 Å². The highest BCUT2D eigenvalue weighted by atomic mass is 19.3. The van der Waals surface area contributed by atoms with E-state index in [4.69, 9.17) is 4.74 Å². The molecule has 0 aliphatic carbocycles. The van der Waals surface area contributed by atoms with Crippen LogP contribution in [-0.2, 0) is 9.53 Å². The topological polar surface area (TPSA) is 58.6 Å². The van der Waals surface area contributed by atoms with Crippen LogP contribution in [0.25, 0.3) is 0 Å². The summed E-state index contributed by atoms with van der Waals surface area (Å²) in [5, 5.41) is 2.57. The van der Waals surface area contributed by atoms with Crippen molar-refractivity contribution in [1.29, 1.82) is 0 Å². The average Bonchev–Trinajstić information content (AvgIpc) is 2.55. The largest absolute Gasteiger partial charge is 0.444 e. The standard InChI is InChI=1S/C13H20F2N2O3/c1-11(2,3)20-10(19)17-7-12(4-5-16-9(12)18)6-13(14,15)8-17/h4-8H2,1-3H3,(H,16,18). The molecule has 0 aromatic heterocycles. The van der Waals surface area contributed by atoms with Crippen molar-refractivity contribution < 1.29 is 23.1 Å². The highest BCUT2D eigenvalue weighted by Gasteiger charge is 2.56. The Kier molecular flexibility index (Phi) is 3.42. The first kappa shape index (κ1) is 15.0. The maximum Gasteiger partial charge on any atom is 0.410 e. The van der Waals surface area contributed by atoms with Crippen LogP contribution in [0.5, 0.6) is 0 Å². The van der Waals surface area contributed by atoms with Gasteiger partial charge in [-0.1, -0.05) is 0 Å². The van der Waals surface area contributed by atoms with Crippen LogP contribution in [0.15, 0.2) is 0 Å². The van der Waals surface area contributed by atoms with E-state index in [1.807, 2.05) is 0 Å². The van der Waals surface area contributed by atoms with Crippen LogP contribution in [0, 0.1) is 5.41 Å². The molecule has 7 heteroatoms. The van der Waals surface area contributed by atoms with Crippen LogP contribution in [0.3, 0.4) is 0 Å². The fourth-order valence-corrected chi connectivity index (χ4v) is 2.80. The number of nitrogens with one attached hydrogen (secondary N) is 1. The minimum atomic E-state index is -3.07. The third-order valence-corrected chi connectivity index (χ3v) is 3.54. The maximum atomic E-state index is 13.9. The number of amides is 2. The van der Waals surface area contributed by atoms with Gasteiger partial charge in [-0.2, -0.15) is 0 Å². The number of alkyl halides is 2. The van der Waals surface area contributed by atoms with E-state index >= 15 is 0 Å². The van der Waals surface area contributed by atoms with Gasteiger partial charge in [-0.3, -0.25) is 4.79 Å². The second-order valence-electron chi connectivity index (χ2n) is 6.66. The summed E-state index contributed by atoms with van der Waals surface area (Å²) in [6, 6.07) is 0. The number of hydrogen-bond donors (Lipinski definition) is 1. The lowest BCUT2D eigenvalue weighted by Gasteiger charge is -2.42. The van der Waals surface area contributed by atoms with Crippen LogP contribution >= 0.6 is 0 Å². The highest BCUT2D eigenvalue weighted by Crippen LogP contribution is 2.43. The Labute approximate surface area is 116 Å². The summed E-state index contributed by atoms with van der Waals surface area (Å²) in [6.45, 7) is 4.68. The van der Waals surface area contributed by atoms with Gasteiger partial charge in [0.05, 0.1) is 12.0 Å². The number of ether oxygens (including phenoxy) is 1. The molecule has 1 spiro atoms. The summed E-state index contributed by atoms with van der Waals surface area (Å²) < 4.78 is 32.9. The number of rotatable bonds is 0. The molecule has 2 amide bonds. The van der Waals surface area contributed by atoms with Crippen molar-refractivity contribution in [3.05, 3.63) is 0 Å². The number of halogens is 2. The van der Waals surface area contributed by atoms with Crippen molar-refractivity contribution in [2.24, 2.45) is 5.41 Å². The van der Waals surface area contributed by atoms with E-state index in [0.29, 0.717) is 13.0 Å². The minimum absolute atomic E-state index is 0.0106. The SMILES string of the molecule is CC(C)(C)OC(=O)N1CC(F)(F)CC2(CCNC2=O)C1. The van der Waals surface area contributed by atoms with Gasteiger partial charge in [0.15, 0.2) is 0 Å². The molecular formula is C13H20F2N2O3. The average molecular weight is 290 g/mol. The molecule has 0 saturated carbocycles. The monoisotopic (exact) mass is 290 g/mol. The molecule has 20 heavy (non-hydrogen) atoms. The van der Waals surface area contributed by atoms with Gasteiger partial charge in [0.25, 0.3) is 5.92 Å². The number of nitrogens with zero attached hydrogens (tertiary/aromatic N) is 1. The molecule has 1 N–H and O–H groups in total. The molecule has 1 unspecified atom stereocenters. The zero-order valence-corrected chi connectivity index (χ0v) is 12.0. The van der Waals surface area contributed by atoms with Gasteiger partial charge < -0.3 is 15.0 Å². The van der Waals surface area contributed by atoms with Crippen molar-refractivity contribution >= 4 is 12.0 Å². The van der Waals surface area contributed by atoms with E-state index in [2.05, 4.69) is 5.32 Å². The van der Waals surface area contributed by atoms with E-state index in [0.717, 1.165) is 4.90 Å². The summed E-state index contributed by atoms with van der Waals surface area (Å²) in [5.41, 5.74) is -1.94. The van der Waals surface area contributed by atoms with Crippen molar-refractivity contribution in [2.75, 3.05) is 19.6 Å². The summed E-state index contributed by atoms with van der Waals surface area (Å²) in [7, 11) is 0. The molecule has 2 aliphatic heterocycles. The lowest BCUT2D eigenvalue weighted by Crippen LogP contribution is -2.57. The first-order valence-corrected chi connectivity index (χ1v) is 6.67. The molecule has 2 saturated heterocycles. The maximum absolute atomic E-state index is 13.9. The minimum Gasteiger partial charge on any atom is -0.444 e. The van der Waals surface area contributed by atoms with Gasteiger partial charge in [0.1, 0.15) is 5.60 Å². The fourth-order valence-electron chi connectivity index (χ4n) is 2.80. The molecule has 5 nitrogen and oxygen atoms in total. The fraction of sp³-hybridized carbons (Fsp3) is 0.846. The lowest BCUT2D eigenvalue weighted by atomic mass is 9.77. The van der Waals surface area contributed by atoms with Gasteiger partial charge in [-0.25, -0.2) is 13.6 Å². The number of piperidine rings is 1. The van der Waals surface area contributed by atoms with E-state index in [1.165, 1.54) is 0 Å². The van der Waals surface area contributed by atoms with Gasteiger partial charge in [0.2, 0.25) is 5.91 Å². The molecule has 0 aromatic carbocycles. The molecule has 2 heterocycles. The van der Waals surface area contributed by atoms with Crippen molar-refractivity contribution in [2.45, 2.75) is 45.1 Å². The Morgan fingerprint density at radius 3 is 2.50 bits per heavy atom. The van der Waals surface area contributed by atoms with Crippen LogP contribution in [0.2, 0.25) is 0 Å². The first-order valence-electron chi connectivity index (χ1n) is 6.67. The zero-order chi connectivity index (χ0) is 15.2. The molecule has 2 rings (SSSR count). The molecular weight excluding hydrogens is 270 g/mol. The Hall–Kier alpha value is -1.40.